The Morgan fingerprint density at radius 2 is 2.12 bits per heavy atom. The first-order valence-electron chi connectivity index (χ1n) is 8.62. The molecule has 0 spiro atoms. The molecule has 8 heteroatoms. The van der Waals surface area contributed by atoms with Crippen LogP contribution in [0, 0.1) is 6.92 Å². The second-order valence-corrected chi connectivity index (χ2v) is 7.21. The van der Waals surface area contributed by atoms with Gasteiger partial charge in [-0.05, 0) is 53.4 Å². The summed E-state index contributed by atoms with van der Waals surface area (Å²) in [6.07, 6.45) is 12.4. The fourth-order valence-electron chi connectivity index (χ4n) is 3.39. The Morgan fingerprint density at radius 1 is 1.31 bits per heavy atom. The summed E-state index contributed by atoms with van der Waals surface area (Å²) in [5.74, 6) is 0.219. The van der Waals surface area contributed by atoms with E-state index in [1.54, 1.807) is 29.2 Å². The predicted octanol–water partition coefficient (Wildman–Crippen LogP) is 4.49. The molecule has 7 nitrogen and oxygen atoms in total. The standard InChI is InChI=1S/C18H18BrN5O2/c1-11-13-10-20-18(23-22-14-8-4-5-9-26-14)21-16(13)24(17(25)15(11)19)12-6-2-3-7-12/h4-5,8-10,12,14H,2-3,6-7H2,1H3. The maximum absolute atomic E-state index is 12.9. The van der Waals surface area contributed by atoms with Gasteiger partial charge in [0.2, 0.25) is 6.23 Å². The van der Waals surface area contributed by atoms with Crippen LogP contribution in [0.15, 0.2) is 50.2 Å². The minimum atomic E-state index is -0.483. The molecule has 134 valence electrons. The van der Waals surface area contributed by atoms with Crippen LogP contribution in [0.4, 0.5) is 5.95 Å². The van der Waals surface area contributed by atoms with E-state index in [1.807, 2.05) is 13.0 Å². The molecule has 2 aliphatic rings. The molecule has 3 heterocycles. The number of aryl methyl sites for hydroxylation is 1. The predicted molar refractivity (Wildman–Crippen MR) is 101 cm³/mol. The quantitative estimate of drug-likeness (QED) is 0.691. The normalized spacial score (nSPS) is 20.3. The summed E-state index contributed by atoms with van der Waals surface area (Å²) in [6, 6.07) is 0.163. The Labute approximate surface area is 158 Å². The van der Waals surface area contributed by atoms with Crippen molar-refractivity contribution >= 4 is 32.9 Å². The van der Waals surface area contributed by atoms with E-state index in [2.05, 4.69) is 36.1 Å². The van der Waals surface area contributed by atoms with Crippen LogP contribution in [-0.4, -0.2) is 20.8 Å². The van der Waals surface area contributed by atoms with Crippen molar-refractivity contribution in [1.82, 2.24) is 14.5 Å². The summed E-state index contributed by atoms with van der Waals surface area (Å²) in [4.78, 5) is 21.7. The Hall–Kier alpha value is -2.35. The lowest BCUT2D eigenvalue weighted by Crippen LogP contribution is -2.26. The van der Waals surface area contributed by atoms with Gasteiger partial charge >= 0.3 is 0 Å². The Morgan fingerprint density at radius 3 is 2.85 bits per heavy atom. The molecule has 1 saturated carbocycles. The summed E-state index contributed by atoms with van der Waals surface area (Å²) in [5.41, 5.74) is 1.41. The number of ether oxygens (including phenoxy) is 1. The summed E-state index contributed by atoms with van der Waals surface area (Å²) in [7, 11) is 0. The summed E-state index contributed by atoms with van der Waals surface area (Å²) < 4.78 is 7.66. The van der Waals surface area contributed by atoms with Crippen LogP contribution in [0.5, 0.6) is 0 Å². The minimum absolute atomic E-state index is 0.0489. The van der Waals surface area contributed by atoms with Crippen molar-refractivity contribution in [3.05, 3.63) is 51.1 Å². The van der Waals surface area contributed by atoms with Crippen molar-refractivity contribution in [2.45, 2.75) is 44.9 Å². The molecular weight excluding hydrogens is 398 g/mol. The molecular formula is C18H18BrN5O2. The van der Waals surface area contributed by atoms with E-state index in [-0.39, 0.29) is 17.5 Å². The second kappa shape index (κ2) is 7.11. The lowest BCUT2D eigenvalue weighted by molar-refractivity contribution is 0.185. The number of aromatic nitrogens is 3. The highest BCUT2D eigenvalue weighted by Gasteiger charge is 2.23. The largest absolute Gasteiger partial charge is 0.471 e. The molecule has 1 fully saturated rings. The van der Waals surface area contributed by atoms with E-state index in [4.69, 9.17) is 4.74 Å². The van der Waals surface area contributed by atoms with Crippen molar-refractivity contribution in [2.24, 2.45) is 10.2 Å². The summed E-state index contributed by atoms with van der Waals surface area (Å²) >= 11 is 3.44. The monoisotopic (exact) mass is 415 g/mol. The van der Waals surface area contributed by atoms with Crippen LogP contribution in [0.1, 0.15) is 37.3 Å². The molecule has 2 aromatic heterocycles. The highest BCUT2D eigenvalue weighted by molar-refractivity contribution is 9.10. The molecule has 4 rings (SSSR count). The van der Waals surface area contributed by atoms with Gasteiger partial charge in [0, 0.05) is 17.6 Å². The smallest absolute Gasteiger partial charge is 0.270 e. The molecule has 0 amide bonds. The van der Waals surface area contributed by atoms with Crippen molar-refractivity contribution in [1.29, 1.82) is 0 Å². The first kappa shape index (κ1) is 17.1. The zero-order chi connectivity index (χ0) is 18.1. The van der Waals surface area contributed by atoms with E-state index < -0.39 is 6.23 Å². The summed E-state index contributed by atoms with van der Waals surface area (Å²) in [5, 5.41) is 9.03. The van der Waals surface area contributed by atoms with E-state index in [0.29, 0.717) is 10.1 Å². The summed E-state index contributed by atoms with van der Waals surface area (Å²) in [6.45, 7) is 1.89. The van der Waals surface area contributed by atoms with E-state index in [9.17, 15) is 4.79 Å². The number of hydrogen-bond donors (Lipinski definition) is 0. The van der Waals surface area contributed by atoms with Crippen molar-refractivity contribution in [3.8, 4) is 0 Å². The molecule has 26 heavy (non-hydrogen) atoms. The van der Waals surface area contributed by atoms with Gasteiger partial charge in [0.05, 0.1) is 10.7 Å². The third-order valence-electron chi connectivity index (χ3n) is 4.76. The zero-order valence-corrected chi connectivity index (χ0v) is 15.9. The first-order valence-corrected chi connectivity index (χ1v) is 9.41. The maximum Gasteiger partial charge on any atom is 0.270 e. The molecule has 0 aromatic carbocycles. The first-order chi connectivity index (χ1) is 12.6. The van der Waals surface area contributed by atoms with Crippen molar-refractivity contribution in [3.63, 3.8) is 0 Å². The SMILES string of the molecule is Cc1c(Br)c(=O)n(C2CCCC2)c2nc(N=NC3C=CC=CO3)ncc12. The lowest BCUT2D eigenvalue weighted by Gasteiger charge is -2.18. The van der Waals surface area contributed by atoms with Gasteiger partial charge < -0.3 is 4.74 Å². The number of allylic oxidation sites excluding steroid dienone is 2. The molecule has 0 N–H and O–H groups in total. The highest BCUT2D eigenvalue weighted by atomic mass is 79.9. The van der Waals surface area contributed by atoms with E-state index in [1.165, 1.54) is 0 Å². The fraction of sp³-hybridized carbons (Fsp3) is 0.389. The fourth-order valence-corrected chi connectivity index (χ4v) is 3.80. The van der Waals surface area contributed by atoms with Gasteiger partial charge in [-0.1, -0.05) is 18.9 Å². The highest BCUT2D eigenvalue weighted by Crippen LogP contribution is 2.32. The number of nitrogens with zero attached hydrogens (tertiary/aromatic N) is 5. The molecule has 1 aliphatic heterocycles. The average Bonchev–Trinajstić information content (AvgIpc) is 3.20. The van der Waals surface area contributed by atoms with E-state index >= 15 is 0 Å². The molecule has 0 saturated heterocycles. The van der Waals surface area contributed by atoms with E-state index in [0.717, 1.165) is 36.6 Å². The molecule has 2 aromatic rings. The van der Waals surface area contributed by atoms with Gasteiger partial charge in [0.15, 0.2) is 0 Å². The van der Waals surface area contributed by atoms with Crippen molar-refractivity contribution < 1.29 is 4.74 Å². The van der Waals surface area contributed by atoms with Gasteiger partial charge in [0.25, 0.3) is 11.5 Å². The minimum Gasteiger partial charge on any atom is -0.471 e. The number of rotatable bonds is 3. The van der Waals surface area contributed by atoms with Crippen molar-refractivity contribution in [2.75, 3.05) is 0 Å². The van der Waals surface area contributed by atoms with Gasteiger partial charge in [-0.2, -0.15) is 4.98 Å². The van der Waals surface area contributed by atoms with Crippen LogP contribution >= 0.6 is 15.9 Å². The molecule has 1 atom stereocenters. The van der Waals surface area contributed by atoms with Gasteiger partial charge in [-0.25, -0.2) is 4.98 Å². The number of hydrogen-bond acceptors (Lipinski definition) is 6. The van der Waals surface area contributed by atoms with Crippen LogP contribution in [0.3, 0.4) is 0 Å². The van der Waals surface area contributed by atoms with Crippen LogP contribution in [0.2, 0.25) is 0 Å². The Bertz CT molecular complexity index is 989. The Kier molecular flexibility index (Phi) is 4.67. The molecule has 0 radical (unpaired) electrons. The Balaban J connectivity index is 1.80. The topological polar surface area (TPSA) is 81.7 Å². The van der Waals surface area contributed by atoms with Gasteiger partial charge in [-0.3, -0.25) is 9.36 Å². The number of fused-ring (bicyclic) bond motifs is 1. The molecule has 1 unspecified atom stereocenters. The zero-order valence-electron chi connectivity index (χ0n) is 14.3. The molecule has 0 bridgehead atoms. The number of pyridine rings is 1. The second-order valence-electron chi connectivity index (χ2n) is 6.42. The van der Waals surface area contributed by atoms with Gasteiger partial charge in [0.1, 0.15) is 5.65 Å². The van der Waals surface area contributed by atoms with Gasteiger partial charge in [-0.15, -0.1) is 10.2 Å². The number of halogens is 1. The average molecular weight is 416 g/mol. The van der Waals surface area contributed by atoms with Crippen LogP contribution < -0.4 is 5.56 Å². The van der Waals surface area contributed by atoms with Crippen LogP contribution in [-0.2, 0) is 4.74 Å². The lowest BCUT2D eigenvalue weighted by atomic mass is 10.1. The third kappa shape index (κ3) is 3.09. The maximum atomic E-state index is 12.9. The third-order valence-corrected chi connectivity index (χ3v) is 5.69. The number of azo groups is 1. The molecule has 1 aliphatic carbocycles. The van der Waals surface area contributed by atoms with Crippen LogP contribution in [0.25, 0.3) is 11.0 Å².